The van der Waals surface area contributed by atoms with Crippen molar-refractivity contribution in [3.63, 3.8) is 0 Å². The zero-order valence-electron chi connectivity index (χ0n) is 15.1. The molecule has 2 aromatic carbocycles. The zero-order valence-corrected chi connectivity index (χ0v) is 15.1. The molecule has 1 aliphatic rings. The normalized spacial score (nSPS) is 16.7. The van der Waals surface area contributed by atoms with Gasteiger partial charge in [0, 0.05) is 23.9 Å². The second kappa shape index (κ2) is 8.04. The van der Waals surface area contributed by atoms with Gasteiger partial charge in [0.15, 0.2) is 0 Å². The van der Waals surface area contributed by atoms with E-state index in [0.717, 1.165) is 42.7 Å². The molecule has 0 N–H and O–H groups in total. The molecule has 1 aliphatic heterocycles. The first-order valence-corrected chi connectivity index (χ1v) is 9.37. The van der Waals surface area contributed by atoms with E-state index in [4.69, 9.17) is 4.74 Å². The Hall–Kier alpha value is -3.14. The molecule has 0 spiro atoms. The van der Waals surface area contributed by atoms with Crippen LogP contribution >= 0.6 is 0 Å². The third-order valence-corrected chi connectivity index (χ3v) is 4.90. The summed E-state index contributed by atoms with van der Waals surface area (Å²) in [5, 5.41) is 0. The van der Waals surface area contributed by atoms with Gasteiger partial charge in [-0.15, -0.1) is 0 Å². The van der Waals surface area contributed by atoms with Crippen molar-refractivity contribution in [1.82, 2.24) is 9.88 Å². The second-order valence-corrected chi connectivity index (χ2v) is 6.69. The summed E-state index contributed by atoms with van der Waals surface area (Å²) in [5.74, 6) is 1.38. The molecule has 1 unspecified atom stereocenters. The van der Waals surface area contributed by atoms with Crippen molar-refractivity contribution < 1.29 is 9.53 Å². The van der Waals surface area contributed by atoms with E-state index in [2.05, 4.69) is 4.98 Å². The van der Waals surface area contributed by atoms with Crippen LogP contribution in [0.25, 0.3) is 0 Å². The summed E-state index contributed by atoms with van der Waals surface area (Å²) < 4.78 is 6.05. The molecule has 2 heterocycles. The quantitative estimate of drug-likeness (QED) is 0.640. The zero-order chi connectivity index (χ0) is 18.5. The van der Waals surface area contributed by atoms with Gasteiger partial charge in [0.1, 0.15) is 5.75 Å². The summed E-state index contributed by atoms with van der Waals surface area (Å²) in [6, 6.07) is 23.0. The standard InChI is InChI=1S/C23H22N2O2/c26-23(18-10-3-1-4-11-18)25-17-8-7-15-21(25)20-14-9-16-24-22(20)27-19-12-5-2-6-13-19/h1-6,9-14,16,21H,7-8,15,17H2. The molecule has 0 aliphatic carbocycles. The molecule has 1 amide bonds. The lowest BCUT2D eigenvalue weighted by Crippen LogP contribution is -2.38. The Morgan fingerprint density at radius 1 is 0.926 bits per heavy atom. The van der Waals surface area contributed by atoms with Crippen molar-refractivity contribution >= 4 is 5.91 Å². The van der Waals surface area contributed by atoms with Gasteiger partial charge in [0.25, 0.3) is 5.91 Å². The predicted molar refractivity (Wildman–Crippen MR) is 105 cm³/mol. The predicted octanol–water partition coefficient (Wildman–Crippen LogP) is 5.24. The van der Waals surface area contributed by atoms with Crippen LogP contribution in [0.3, 0.4) is 0 Å². The Labute approximate surface area is 159 Å². The van der Waals surface area contributed by atoms with Gasteiger partial charge >= 0.3 is 0 Å². The van der Waals surface area contributed by atoms with Crippen molar-refractivity contribution in [3.8, 4) is 11.6 Å². The lowest BCUT2D eigenvalue weighted by molar-refractivity contribution is 0.0608. The smallest absolute Gasteiger partial charge is 0.254 e. The van der Waals surface area contributed by atoms with E-state index in [1.165, 1.54) is 0 Å². The summed E-state index contributed by atoms with van der Waals surface area (Å²) in [4.78, 5) is 19.5. The van der Waals surface area contributed by atoms with E-state index in [9.17, 15) is 4.79 Å². The third kappa shape index (κ3) is 3.85. The highest BCUT2D eigenvalue weighted by Crippen LogP contribution is 2.37. The van der Waals surface area contributed by atoms with Crippen LogP contribution in [-0.2, 0) is 0 Å². The average molecular weight is 358 g/mol. The maximum absolute atomic E-state index is 13.1. The number of hydrogen-bond acceptors (Lipinski definition) is 3. The molecule has 0 radical (unpaired) electrons. The Morgan fingerprint density at radius 3 is 2.44 bits per heavy atom. The SMILES string of the molecule is O=C(c1ccccc1)N1CCCCC1c1cccnc1Oc1ccccc1. The fourth-order valence-electron chi connectivity index (χ4n) is 3.59. The monoisotopic (exact) mass is 358 g/mol. The van der Waals surface area contributed by atoms with Crippen molar-refractivity contribution in [2.45, 2.75) is 25.3 Å². The van der Waals surface area contributed by atoms with Crippen molar-refractivity contribution in [3.05, 3.63) is 90.1 Å². The number of nitrogens with zero attached hydrogens (tertiary/aromatic N) is 2. The first-order chi connectivity index (χ1) is 13.3. The highest BCUT2D eigenvalue weighted by atomic mass is 16.5. The Morgan fingerprint density at radius 2 is 1.67 bits per heavy atom. The Balaban J connectivity index is 1.65. The first kappa shape index (κ1) is 17.3. The lowest BCUT2D eigenvalue weighted by atomic mass is 9.95. The number of piperidine rings is 1. The highest BCUT2D eigenvalue weighted by Gasteiger charge is 2.31. The van der Waals surface area contributed by atoms with E-state index in [1.54, 1.807) is 6.20 Å². The van der Waals surface area contributed by atoms with E-state index < -0.39 is 0 Å². The number of carbonyl (C=O) groups is 1. The number of ether oxygens (including phenoxy) is 1. The molecule has 1 aromatic heterocycles. The number of hydrogen-bond donors (Lipinski definition) is 0. The molecule has 4 heteroatoms. The highest BCUT2D eigenvalue weighted by molar-refractivity contribution is 5.94. The molecule has 0 bridgehead atoms. The molecule has 1 saturated heterocycles. The number of aromatic nitrogens is 1. The molecular formula is C23H22N2O2. The topological polar surface area (TPSA) is 42.4 Å². The fraction of sp³-hybridized carbons (Fsp3) is 0.217. The molecule has 0 saturated carbocycles. The largest absolute Gasteiger partial charge is 0.439 e. The van der Waals surface area contributed by atoms with Gasteiger partial charge in [-0.3, -0.25) is 4.79 Å². The van der Waals surface area contributed by atoms with Crippen molar-refractivity contribution in [2.24, 2.45) is 0 Å². The van der Waals surface area contributed by atoms with Gasteiger partial charge in [0.05, 0.1) is 6.04 Å². The summed E-state index contributed by atoms with van der Waals surface area (Å²) >= 11 is 0. The van der Waals surface area contributed by atoms with Gasteiger partial charge in [-0.1, -0.05) is 42.5 Å². The van der Waals surface area contributed by atoms with Crippen molar-refractivity contribution in [2.75, 3.05) is 6.54 Å². The van der Waals surface area contributed by atoms with E-state index in [1.807, 2.05) is 77.7 Å². The molecule has 1 fully saturated rings. The number of rotatable bonds is 4. The number of para-hydroxylation sites is 1. The van der Waals surface area contributed by atoms with E-state index in [-0.39, 0.29) is 11.9 Å². The number of carbonyl (C=O) groups excluding carboxylic acids is 1. The lowest BCUT2D eigenvalue weighted by Gasteiger charge is -2.36. The van der Waals surface area contributed by atoms with Crippen LogP contribution in [-0.4, -0.2) is 22.3 Å². The van der Waals surface area contributed by atoms with Crippen LogP contribution in [0.2, 0.25) is 0 Å². The number of pyridine rings is 1. The van der Waals surface area contributed by atoms with Gasteiger partial charge in [-0.2, -0.15) is 0 Å². The summed E-state index contributed by atoms with van der Waals surface area (Å²) in [6.07, 6.45) is 4.75. The molecule has 3 aromatic rings. The minimum atomic E-state index is -0.0288. The minimum absolute atomic E-state index is 0.0288. The number of benzene rings is 2. The summed E-state index contributed by atoms with van der Waals surface area (Å²) in [6.45, 7) is 0.748. The third-order valence-electron chi connectivity index (χ3n) is 4.90. The summed E-state index contributed by atoms with van der Waals surface area (Å²) in [5.41, 5.74) is 1.68. The molecule has 27 heavy (non-hydrogen) atoms. The second-order valence-electron chi connectivity index (χ2n) is 6.69. The Kier molecular flexibility index (Phi) is 5.15. The van der Waals surface area contributed by atoms with Gasteiger partial charge in [-0.25, -0.2) is 4.98 Å². The molecular weight excluding hydrogens is 336 g/mol. The Bertz CT molecular complexity index is 897. The van der Waals surface area contributed by atoms with Crippen LogP contribution in [0.1, 0.15) is 41.2 Å². The van der Waals surface area contributed by atoms with Gasteiger partial charge < -0.3 is 9.64 Å². The van der Waals surface area contributed by atoms with Crippen LogP contribution < -0.4 is 4.74 Å². The molecule has 1 atom stereocenters. The van der Waals surface area contributed by atoms with Crippen LogP contribution in [0, 0.1) is 0 Å². The fourth-order valence-corrected chi connectivity index (χ4v) is 3.59. The van der Waals surface area contributed by atoms with Crippen LogP contribution in [0.15, 0.2) is 79.0 Å². The maximum Gasteiger partial charge on any atom is 0.254 e. The molecule has 136 valence electrons. The van der Waals surface area contributed by atoms with Gasteiger partial charge in [-0.05, 0) is 49.6 Å². The van der Waals surface area contributed by atoms with Gasteiger partial charge in [0.2, 0.25) is 5.88 Å². The average Bonchev–Trinajstić information content (AvgIpc) is 2.75. The van der Waals surface area contributed by atoms with Crippen LogP contribution in [0.4, 0.5) is 0 Å². The number of likely N-dealkylation sites (tertiary alicyclic amines) is 1. The molecule has 4 nitrogen and oxygen atoms in total. The van der Waals surface area contributed by atoms with Crippen LogP contribution in [0.5, 0.6) is 11.6 Å². The number of amides is 1. The van der Waals surface area contributed by atoms with E-state index >= 15 is 0 Å². The minimum Gasteiger partial charge on any atom is -0.439 e. The maximum atomic E-state index is 13.1. The first-order valence-electron chi connectivity index (χ1n) is 9.37. The molecule has 4 rings (SSSR count). The van der Waals surface area contributed by atoms with Crippen molar-refractivity contribution in [1.29, 1.82) is 0 Å². The summed E-state index contributed by atoms with van der Waals surface area (Å²) in [7, 11) is 0. The van der Waals surface area contributed by atoms with E-state index in [0.29, 0.717) is 5.88 Å².